The first-order valence-electron chi connectivity index (χ1n) is 7.49. The van der Waals surface area contributed by atoms with E-state index in [0.717, 1.165) is 0 Å². The number of nitrogens with one attached hydrogen (secondary N) is 2. The van der Waals surface area contributed by atoms with Gasteiger partial charge in [0.2, 0.25) is 5.75 Å². The summed E-state index contributed by atoms with van der Waals surface area (Å²) in [6, 6.07) is 15.0. The van der Waals surface area contributed by atoms with E-state index in [0.29, 0.717) is 16.8 Å². The van der Waals surface area contributed by atoms with Gasteiger partial charge in [-0.3, -0.25) is 9.59 Å². The van der Waals surface area contributed by atoms with E-state index in [-0.39, 0.29) is 11.7 Å². The zero-order valence-corrected chi connectivity index (χ0v) is 13.3. The van der Waals surface area contributed by atoms with Crippen LogP contribution in [0.15, 0.2) is 59.4 Å². The van der Waals surface area contributed by atoms with E-state index in [2.05, 4.69) is 15.3 Å². The molecule has 3 aromatic rings. The standard InChI is InChI=1S/C18H13N3O5/c22-14-13(18(25)26)20-15(21-17(14)24)11-8-4-5-9-12(11)19-16(23)10-6-2-1-3-7-10/h1-9,22H,(H,19,23)(H,25,26)(H,20,21,24). The molecule has 0 unspecified atom stereocenters. The molecule has 0 saturated carbocycles. The molecule has 0 aliphatic rings. The van der Waals surface area contributed by atoms with E-state index in [1.54, 1.807) is 54.6 Å². The van der Waals surface area contributed by atoms with E-state index >= 15 is 0 Å². The van der Waals surface area contributed by atoms with E-state index < -0.39 is 23.0 Å². The molecule has 0 bridgehead atoms. The van der Waals surface area contributed by atoms with Crippen molar-refractivity contribution in [3.8, 4) is 17.1 Å². The molecule has 130 valence electrons. The van der Waals surface area contributed by atoms with Gasteiger partial charge in [-0.25, -0.2) is 9.78 Å². The largest absolute Gasteiger partial charge is 0.501 e. The molecule has 0 atom stereocenters. The van der Waals surface area contributed by atoms with Gasteiger partial charge in [-0.15, -0.1) is 0 Å². The number of carbonyl (C=O) groups excluding carboxylic acids is 1. The van der Waals surface area contributed by atoms with Gasteiger partial charge in [0, 0.05) is 11.1 Å². The first kappa shape index (κ1) is 16.9. The fraction of sp³-hybridized carbons (Fsp3) is 0. The Morgan fingerprint density at radius 3 is 2.35 bits per heavy atom. The summed E-state index contributed by atoms with van der Waals surface area (Å²) in [5, 5.41) is 21.3. The van der Waals surface area contributed by atoms with Crippen LogP contribution in [0.4, 0.5) is 5.69 Å². The number of para-hydroxylation sites is 1. The number of carboxylic acid groups (broad SMARTS) is 1. The summed E-state index contributed by atoms with van der Waals surface area (Å²) in [5.74, 6) is -2.99. The van der Waals surface area contributed by atoms with Crippen LogP contribution in [0.5, 0.6) is 5.75 Å². The third-order valence-electron chi connectivity index (χ3n) is 3.56. The van der Waals surface area contributed by atoms with Crippen molar-refractivity contribution in [2.45, 2.75) is 0 Å². The van der Waals surface area contributed by atoms with Gasteiger partial charge in [0.15, 0.2) is 5.69 Å². The zero-order valence-electron chi connectivity index (χ0n) is 13.3. The summed E-state index contributed by atoms with van der Waals surface area (Å²) in [5.41, 5.74) is -0.701. The third kappa shape index (κ3) is 3.29. The maximum Gasteiger partial charge on any atom is 0.358 e. The number of carboxylic acids is 1. The summed E-state index contributed by atoms with van der Waals surface area (Å²) in [6.07, 6.45) is 0. The molecule has 2 aromatic carbocycles. The van der Waals surface area contributed by atoms with Crippen molar-refractivity contribution >= 4 is 17.6 Å². The van der Waals surface area contributed by atoms with Crippen LogP contribution in [0, 0.1) is 0 Å². The molecule has 0 aliphatic heterocycles. The number of H-pyrrole nitrogens is 1. The number of nitrogens with zero attached hydrogens (tertiary/aromatic N) is 1. The zero-order chi connectivity index (χ0) is 18.7. The van der Waals surface area contributed by atoms with E-state index in [9.17, 15) is 19.5 Å². The second-order valence-electron chi connectivity index (χ2n) is 5.28. The molecular formula is C18H13N3O5. The highest BCUT2D eigenvalue weighted by Gasteiger charge is 2.19. The molecule has 26 heavy (non-hydrogen) atoms. The smallest absolute Gasteiger partial charge is 0.358 e. The van der Waals surface area contributed by atoms with Gasteiger partial charge in [0.05, 0.1) is 5.69 Å². The lowest BCUT2D eigenvalue weighted by Gasteiger charge is -2.11. The minimum atomic E-state index is -1.54. The molecule has 0 saturated heterocycles. The number of carbonyl (C=O) groups is 2. The first-order chi connectivity index (χ1) is 12.5. The van der Waals surface area contributed by atoms with Crippen LogP contribution >= 0.6 is 0 Å². The maximum absolute atomic E-state index is 12.4. The SMILES string of the molecule is O=C(Nc1ccccc1-c1nc(C(=O)O)c(O)c(=O)[nH]1)c1ccccc1. The molecule has 0 radical (unpaired) electrons. The van der Waals surface area contributed by atoms with Crippen LogP contribution in [0.25, 0.3) is 11.4 Å². The van der Waals surface area contributed by atoms with Crippen LogP contribution < -0.4 is 10.9 Å². The third-order valence-corrected chi connectivity index (χ3v) is 3.56. The van der Waals surface area contributed by atoms with Crippen molar-refractivity contribution in [2.75, 3.05) is 5.32 Å². The van der Waals surface area contributed by atoms with Crippen molar-refractivity contribution in [1.29, 1.82) is 0 Å². The Morgan fingerprint density at radius 1 is 1.00 bits per heavy atom. The van der Waals surface area contributed by atoms with Gasteiger partial charge in [0.25, 0.3) is 11.5 Å². The molecule has 1 amide bonds. The monoisotopic (exact) mass is 351 g/mol. The number of rotatable bonds is 4. The molecule has 0 fully saturated rings. The van der Waals surface area contributed by atoms with Crippen LogP contribution in [0.3, 0.4) is 0 Å². The molecule has 0 aliphatic carbocycles. The maximum atomic E-state index is 12.4. The number of aromatic hydroxyl groups is 1. The number of anilines is 1. The highest BCUT2D eigenvalue weighted by Crippen LogP contribution is 2.26. The molecular weight excluding hydrogens is 338 g/mol. The quantitative estimate of drug-likeness (QED) is 0.569. The van der Waals surface area contributed by atoms with Crippen molar-refractivity contribution in [1.82, 2.24) is 9.97 Å². The molecule has 1 aromatic heterocycles. The summed E-state index contributed by atoms with van der Waals surface area (Å²) < 4.78 is 0. The van der Waals surface area contributed by atoms with Gasteiger partial charge in [-0.1, -0.05) is 30.3 Å². The van der Waals surface area contributed by atoms with Gasteiger partial charge in [-0.2, -0.15) is 0 Å². The number of aromatic carboxylic acids is 1. The Bertz CT molecular complexity index is 1040. The van der Waals surface area contributed by atoms with Crippen LogP contribution in [-0.2, 0) is 0 Å². The predicted octanol–water partition coefficient (Wildman–Crippen LogP) is 2.09. The average molecular weight is 351 g/mol. The summed E-state index contributed by atoms with van der Waals surface area (Å²) in [6.45, 7) is 0. The molecule has 8 nitrogen and oxygen atoms in total. The Balaban J connectivity index is 2.04. The highest BCUT2D eigenvalue weighted by atomic mass is 16.4. The first-order valence-corrected chi connectivity index (χ1v) is 7.49. The van der Waals surface area contributed by atoms with Crippen molar-refractivity contribution in [2.24, 2.45) is 0 Å². The number of aromatic nitrogens is 2. The lowest BCUT2D eigenvalue weighted by Crippen LogP contribution is -2.16. The van der Waals surface area contributed by atoms with Gasteiger partial charge in [-0.05, 0) is 24.3 Å². The number of aromatic amines is 1. The fourth-order valence-electron chi connectivity index (χ4n) is 2.33. The molecule has 1 heterocycles. The number of hydrogen-bond donors (Lipinski definition) is 4. The fourth-order valence-corrected chi connectivity index (χ4v) is 2.33. The lowest BCUT2D eigenvalue weighted by molar-refractivity contribution is 0.0686. The van der Waals surface area contributed by atoms with Crippen LogP contribution in [0.1, 0.15) is 20.8 Å². The van der Waals surface area contributed by atoms with Gasteiger partial charge in [0.1, 0.15) is 5.82 Å². The number of hydrogen-bond acceptors (Lipinski definition) is 5. The van der Waals surface area contributed by atoms with Gasteiger partial charge < -0.3 is 20.5 Å². The van der Waals surface area contributed by atoms with Crippen molar-refractivity contribution in [3.63, 3.8) is 0 Å². The number of amides is 1. The summed E-state index contributed by atoms with van der Waals surface area (Å²) >= 11 is 0. The topological polar surface area (TPSA) is 132 Å². The Hall–Kier alpha value is -3.94. The Kier molecular flexibility index (Phi) is 4.48. The highest BCUT2D eigenvalue weighted by molar-refractivity contribution is 6.06. The predicted molar refractivity (Wildman–Crippen MR) is 93.3 cm³/mol. The number of benzene rings is 2. The van der Waals surface area contributed by atoms with E-state index in [4.69, 9.17) is 5.11 Å². The molecule has 0 spiro atoms. The van der Waals surface area contributed by atoms with E-state index in [1.807, 2.05) is 0 Å². The van der Waals surface area contributed by atoms with Gasteiger partial charge >= 0.3 is 5.97 Å². The summed E-state index contributed by atoms with van der Waals surface area (Å²) in [7, 11) is 0. The minimum absolute atomic E-state index is 0.0887. The van der Waals surface area contributed by atoms with Crippen molar-refractivity contribution in [3.05, 3.63) is 76.2 Å². The molecule has 8 heteroatoms. The lowest BCUT2D eigenvalue weighted by atomic mass is 10.1. The second kappa shape index (κ2) is 6.89. The van der Waals surface area contributed by atoms with Crippen molar-refractivity contribution < 1.29 is 19.8 Å². The second-order valence-corrected chi connectivity index (χ2v) is 5.28. The van der Waals surface area contributed by atoms with Crippen LogP contribution in [0.2, 0.25) is 0 Å². The Morgan fingerprint density at radius 2 is 1.65 bits per heavy atom. The summed E-state index contributed by atoms with van der Waals surface area (Å²) in [4.78, 5) is 41.4. The molecule has 4 N–H and O–H groups in total. The normalized spacial score (nSPS) is 10.3. The van der Waals surface area contributed by atoms with E-state index in [1.165, 1.54) is 0 Å². The van der Waals surface area contributed by atoms with Crippen LogP contribution in [-0.4, -0.2) is 32.1 Å². The average Bonchev–Trinajstić information content (AvgIpc) is 2.65. The minimum Gasteiger partial charge on any atom is -0.501 e. The molecule has 3 rings (SSSR count). The Labute approximate surface area is 146 Å².